The molecule has 1 aliphatic rings. The summed E-state index contributed by atoms with van der Waals surface area (Å²) in [6, 6.07) is 5.97. The lowest BCUT2D eigenvalue weighted by Crippen LogP contribution is -2.16. The fourth-order valence-corrected chi connectivity index (χ4v) is 2.14. The second kappa shape index (κ2) is 5.37. The zero-order valence-electron chi connectivity index (χ0n) is 10.5. The zero-order valence-corrected chi connectivity index (χ0v) is 10.5. The van der Waals surface area contributed by atoms with Crippen LogP contribution in [-0.4, -0.2) is 11.2 Å². The van der Waals surface area contributed by atoms with Crippen LogP contribution in [0.3, 0.4) is 0 Å². The summed E-state index contributed by atoms with van der Waals surface area (Å²) in [7, 11) is 0. The van der Waals surface area contributed by atoms with E-state index in [4.69, 9.17) is 4.74 Å². The van der Waals surface area contributed by atoms with Gasteiger partial charge in [-0.1, -0.05) is 17.7 Å². The second-order valence-electron chi connectivity index (χ2n) is 4.73. The van der Waals surface area contributed by atoms with Crippen LogP contribution in [0, 0.1) is 6.92 Å². The van der Waals surface area contributed by atoms with E-state index in [2.05, 4.69) is 12.2 Å². The van der Waals surface area contributed by atoms with E-state index in [0.29, 0.717) is 0 Å². The largest absolute Gasteiger partial charge is 0.486 e. The SMILES string of the molecule is Cc1ccc(OC2C=CCCC2)c([C@H](C)O)c1. The van der Waals surface area contributed by atoms with Crippen molar-refractivity contribution < 1.29 is 9.84 Å². The van der Waals surface area contributed by atoms with Crippen molar-refractivity contribution in [1.29, 1.82) is 0 Å². The van der Waals surface area contributed by atoms with E-state index in [9.17, 15) is 5.11 Å². The molecule has 0 heterocycles. The monoisotopic (exact) mass is 232 g/mol. The molecule has 0 aliphatic heterocycles. The number of aliphatic hydroxyl groups excluding tert-OH is 1. The van der Waals surface area contributed by atoms with E-state index >= 15 is 0 Å². The van der Waals surface area contributed by atoms with Crippen LogP contribution in [0.1, 0.15) is 43.4 Å². The third-order valence-electron chi connectivity index (χ3n) is 3.10. The third kappa shape index (κ3) is 3.10. The fourth-order valence-electron chi connectivity index (χ4n) is 2.14. The first kappa shape index (κ1) is 12.2. The summed E-state index contributed by atoms with van der Waals surface area (Å²) >= 11 is 0. The Bertz CT molecular complexity index is 407. The van der Waals surface area contributed by atoms with E-state index in [0.717, 1.165) is 29.7 Å². The minimum absolute atomic E-state index is 0.156. The van der Waals surface area contributed by atoms with Gasteiger partial charge in [0.2, 0.25) is 0 Å². The van der Waals surface area contributed by atoms with Crippen molar-refractivity contribution in [2.75, 3.05) is 0 Å². The Morgan fingerprint density at radius 2 is 2.24 bits per heavy atom. The fraction of sp³-hybridized carbons (Fsp3) is 0.467. The Morgan fingerprint density at radius 1 is 1.41 bits per heavy atom. The number of aliphatic hydroxyl groups is 1. The van der Waals surface area contributed by atoms with Gasteiger partial charge in [0.1, 0.15) is 11.9 Å². The van der Waals surface area contributed by atoms with Crippen molar-refractivity contribution in [2.45, 2.75) is 45.3 Å². The van der Waals surface area contributed by atoms with Gasteiger partial charge in [-0.25, -0.2) is 0 Å². The molecule has 0 saturated heterocycles. The quantitative estimate of drug-likeness (QED) is 0.808. The van der Waals surface area contributed by atoms with Crippen molar-refractivity contribution in [3.05, 3.63) is 41.5 Å². The van der Waals surface area contributed by atoms with Crippen LogP contribution in [0.4, 0.5) is 0 Å². The summed E-state index contributed by atoms with van der Waals surface area (Å²) in [6.07, 6.45) is 7.35. The van der Waals surface area contributed by atoms with E-state index in [1.807, 2.05) is 25.1 Å². The lowest BCUT2D eigenvalue weighted by atomic mass is 10.0. The minimum atomic E-state index is -0.488. The van der Waals surface area contributed by atoms with Gasteiger partial charge in [0.05, 0.1) is 6.10 Å². The average molecular weight is 232 g/mol. The normalized spacial score (nSPS) is 21.2. The number of hydrogen-bond acceptors (Lipinski definition) is 2. The average Bonchev–Trinajstić information content (AvgIpc) is 2.32. The number of aryl methyl sites for hydroxylation is 1. The predicted molar refractivity (Wildman–Crippen MR) is 69.2 cm³/mol. The van der Waals surface area contributed by atoms with Gasteiger partial charge in [-0.15, -0.1) is 0 Å². The molecule has 1 N–H and O–H groups in total. The van der Waals surface area contributed by atoms with Gasteiger partial charge >= 0.3 is 0 Å². The highest BCUT2D eigenvalue weighted by atomic mass is 16.5. The van der Waals surface area contributed by atoms with Crippen LogP contribution in [0.15, 0.2) is 30.4 Å². The van der Waals surface area contributed by atoms with Crippen LogP contribution in [-0.2, 0) is 0 Å². The van der Waals surface area contributed by atoms with Crippen LogP contribution in [0.25, 0.3) is 0 Å². The molecule has 1 aromatic carbocycles. The van der Waals surface area contributed by atoms with Crippen LogP contribution < -0.4 is 4.74 Å². The zero-order chi connectivity index (χ0) is 12.3. The first-order valence-corrected chi connectivity index (χ1v) is 6.29. The molecule has 1 aromatic rings. The van der Waals surface area contributed by atoms with Crippen LogP contribution in [0.5, 0.6) is 5.75 Å². The molecule has 0 radical (unpaired) electrons. The summed E-state index contributed by atoms with van der Waals surface area (Å²) in [6.45, 7) is 3.80. The van der Waals surface area contributed by atoms with Crippen molar-refractivity contribution in [3.8, 4) is 5.75 Å². The Labute approximate surface area is 103 Å². The molecule has 2 atom stereocenters. The van der Waals surface area contributed by atoms with Crippen molar-refractivity contribution in [1.82, 2.24) is 0 Å². The molecule has 1 aliphatic carbocycles. The molecular formula is C15H20O2. The highest BCUT2D eigenvalue weighted by molar-refractivity contribution is 5.38. The maximum Gasteiger partial charge on any atom is 0.126 e. The molecule has 2 rings (SSSR count). The first-order chi connectivity index (χ1) is 8.16. The van der Waals surface area contributed by atoms with E-state index in [1.54, 1.807) is 6.92 Å². The highest BCUT2D eigenvalue weighted by Crippen LogP contribution is 2.28. The molecule has 2 heteroatoms. The molecule has 1 unspecified atom stereocenters. The number of ether oxygens (including phenoxy) is 1. The molecule has 92 valence electrons. The molecule has 0 fully saturated rings. The predicted octanol–water partition coefficient (Wildman–Crippen LogP) is 3.54. The smallest absolute Gasteiger partial charge is 0.126 e. The van der Waals surface area contributed by atoms with Crippen molar-refractivity contribution in [2.24, 2.45) is 0 Å². The van der Waals surface area contributed by atoms with Gasteiger partial charge in [-0.3, -0.25) is 0 Å². The van der Waals surface area contributed by atoms with Crippen LogP contribution in [0.2, 0.25) is 0 Å². The Morgan fingerprint density at radius 3 is 2.88 bits per heavy atom. The van der Waals surface area contributed by atoms with E-state index in [-0.39, 0.29) is 6.10 Å². The van der Waals surface area contributed by atoms with E-state index in [1.165, 1.54) is 6.42 Å². The topological polar surface area (TPSA) is 29.5 Å². The van der Waals surface area contributed by atoms with Gasteiger partial charge in [0.15, 0.2) is 0 Å². The second-order valence-corrected chi connectivity index (χ2v) is 4.73. The minimum Gasteiger partial charge on any atom is -0.486 e. The number of rotatable bonds is 3. The summed E-state index contributed by atoms with van der Waals surface area (Å²) < 4.78 is 5.96. The van der Waals surface area contributed by atoms with Gasteiger partial charge in [0.25, 0.3) is 0 Å². The first-order valence-electron chi connectivity index (χ1n) is 6.29. The third-order valence-corrected chi connectivity index (χ3v) is 3.10. The van der Waals surface area contributed by atoms with Crippen molar-refractivity contribution >= 4 is 0 Å². The van der Waals surface area contributed by atoms with Gasteiger partial charge in [-0.2, -0.15) is 0 Å². The van der Waals surface area contributed by atoms with Crippen LogP contribution >= 0.6 is 0 Å². The Hall–Kier alpha value is -1.28. The van der Waals surface area contributed by atoms with E-state index < -0.39 is 6.10 Å². The van der Waals surface area contributed by atoms with Gasteiger partial charge < -0.3 is 9.84 Å². The van der Waals surface area contributed by atoms with Gasteiger partial charge in [0, 0.05) is 5.56 Å². The lowest BCUT2D eigenvalue weighted by Gasteiger charge is -2.21. The molecular weight excluding hydrogens is 212 g/mol. The molecule has 0 amide bonds. The Balaban J connectivity index is 2.19. The molecule has 17 heavy (non-hydrogen) atoms. The summed E-state index contributed by atoms with van der Waals surface area (Å²) in [4.78, 5) is 0. The summed E-state index contributed by atoms with van der Waals surface area (Å²) in [5.41, 5.74) is 2.02. The Kier molecular flexibility index (Phi) is 3.85. The maximum absolute atomic E-state index is 9.76. The summed E-state index contributed by atoms with van der Waals surface area (Å²) in [5, 5.41) is 9.76. The molecule has 2 nitrogen and oxygen atoms in total. The highest BCUT2D eigenvalue weighted by Gasteiger charge is 2.14. The van der Waals surface area contributed by atoms with Gasteiger partial charge in [-0.05, 0) is 51.3 Å². The lowest BCUT2D eigenvalue weighted by molar-refractivity contribution is 0.180. The maximum atomic E-state index is 9.76. The molecule has 0 bridgehead atoms. The molecule has 0 aromatic heterocycles. The molecule has 0 spiro atoms. The molecule has 0 saturated carbocycles. The number of allylic oxidation sites excluding steroid dienone is 1. The summed E-state index contributed by atoms with van der Waals surface area (Å²) in [5.74, 6) is 0.808. The number of benzene rings is 1. The van der Waals surface area contributed by atoms with Crippen molar-refractivity contribution in [3.63, 3.8) is 0 Å². The standard InChI is InChI=1S/C15H20O2/c1-11-8-9-15(14(10-11)12(2)16)17-13-6-4-3-5-7-13/h4,6,8-10,12-13,16H,3,5,7H2,1-2H3/t12-,13?/m0/s1. The number of hydrogen-bond donors (Lipinski definition) is 1.